The molecule has 1 N–H and O–H groups in total. The van der Waals surface area contributed by atoms with Gasteiger partial charge in [0.25, 0.3) is 10.1 Å². The first kappa shape index (κ1) is 27.9. The van der Waals surface area contributed by atoms with Gasteiger partial charge in [0, 0.05) is 0 Å². The molecule has 0 unspecified atom stereocenters. The third kappa shape index (κ3) is 13.2. The summed E-state index contributed by atoms with van der Waals surface area (Å²) in [5, 5.41) is 11.5. The normalized spacial score (nSPS) is 11.4. The molecule has 1 aromatic rings. The summed E-state index contributed by atoms with van der Waals surface area (Å²) in [7, 11) is -4.43. The molecule has 0 aliphatic heterocycles. The smallest absolute Gasteiger partial charge is 0.872 e. The van der Waals surface area contributed by atoms with E-state index in [1.54, 1.807) is 6.07 Å². The van der Waals surface area contributed by atoms with Crippen molar-refractivity contribution in [1.82, 2.24) is 0 Å². The molecule has 0 atom stereocenters. The zero-order chi connectivity index (χ0) is 20.0. The molecule has 0 aromatic heterocycles. The monoisotopic (exact) mass is 420 g/mol. The maximum atomic E-state index is 11.5. The Balaban J connectivity index is 0.00000729. The van der Waals surface area contributed by atoms with Gasteiger partial charge in [-0.2, -0.15) is 8.42 Å². The van der Waals surface area contributed by atoms with Crippen LogP contribution in [0.4, 0.5) is 0 Å². The van der Waals surface area contributed by atoms with Crippen LogP contribution in [0.3, 0.4) is 0 Å². The molecule has 0 amide bonds. The van der Waals surface area contributed by atoms with E-state index in [9.17, 15) is 13.5 Å². The van der Waals surface area contributed by atoms with Crippen LogP contribution in [0.15, 0.2) is 23.1 Å². The van der Waals surface area contributed by atoms with E-state index in [1.807, 2.05) is 0 Å². The SMILES string of the molecule is CCCCCCCCCCCCCCCCc1ccc([O-])c(S(=O)(=O)O)c1.[Na+]. The van der Waals surface area contributed by atoms with Crippen LogP contribution in [0.5, 0.6) is 5.75 Å². The molecule has 0 saturated carbocycles. The van der Waals surface area contributed by atoms with Crippen molar-refractivity contribution >= 4 is 10.1 Å². The van der Waals surface area contributed by atoms with E-state index in [-0.39, 0.29) is 29.6 Å². The fraction of sp³-hybridized carbons (Fsp3) is 0.727. The number of aryl methyl sites for hydroxylation is 1. The van der Waals surface area contributed by atoms with Gasteiger partial charge in [0.1, 0.15) is 0 Å². The third-order valence-corrected chi connectivity index (χ3v) is 5.98. The second-order valence-corrected chi connectivity index (χ2v) is 8.99. The molecule has 4 nitrogen and oxygen atoms in total. The number of benzene rings is 1. The average molecular weight is 421 g/mol. The first-order valence-electron chi connectivity index (χ1n) is 10.7. The Morgan fingerprint density at radius 2 is 1.21 bits per heavy atom. The van der Waals surface area contributed by atoms with Gasteiger partial charge >= 0.3 is 29.6 Å². The summed E-state index contributed by atoms with van der Waals surface area (Å²) < 4.78 is 31.4. The summed E-state index contributed by atoms with van der Waals surface area (Å²) in [6.45, 7) is 2.25. The van der Waals surface area contributed by atoms with Crippen molar-refractivity contribution in [2.24, 2.45) is 0 Å². The summed E-state index contributed by atoms with van der Waals surface area (Å²) in [6, 6.07) is 4.18. The predicted molar refractivity (Wildman–Crippen MR) is 110 cm³/mol. The Hall–Kier alpha value is -0.0700. The maximum Gasteiger partial charge on any atom is 1.00 e. The van der Waals surface area contributed by atoms with Crippen molar-refractivity contribution < 1.29 is 47.6 Å². The van der Waals surface area contributed by atoms with E-state index in [0.717, 1.165) is 24.8 Å². The van der Waals surface area contributed by atoms with Crippen LogP contribution in [0, 0.1) is 0 Å². The molecular formula is C22H37NaO4S. The Bertz CT molecular complexity index is 617. The second kappa shape index (κ2) is 16.7. The van der Waals surface area contributed by atoms with E-state index < -0.39 is 20.8 Å². The van der Waals surface area contributed by atoms with E-state index in [0.29, 0.717) is 0 Å². The van der Waals surface area contributed by atoms with Gasteiger partial charge in [0.15, 0.2) is 0 Å². The minimum absolute atomic E-state index is 0. The van der Waals surface area contributed by atoms with Crippen molar-refractivity contribution in [3.63, 3.8) is 0 Å². The minimum Gasteiger partial charge on any atom is -0.872 e. The van der Waals surface area contributed by atoms with Gasteiger partial charge in [0.2, 0.25) is 0 Å². The largest absolute Gasteiger partial charge is 1.00 e. The number of unbranched alkanes of at least 4 members (excludes halogenated alkanes) is 13. The molecule has 0 fully saturated rings. The fourth-order valence-corrected chi connectivity index (χ4v) is 4.06. The average Bonchev–Trinajstić information content (AvgIpc) is 2.62. The van der Waals surface area contributed by atoms with E-state index >= 15 is 0 Å². The quantitative estimate of drug-likeness (QED) is 0.253. The second-order valence-electron chi connectivity index (χ2n) is 7.60. The van der Waals surface area contributed by atoms with Gasteiger partial charge in [-0.25, -0.2) is 0 Å². The van der Waals surface area contributed by atoms with Crippen LogP contribution in [0.2, 0.25) is 0 Å². The van der Waals surface area contributed by atoms with Crippen molar-refractivity contribution in [3.05, 3.63) is 23.8 Å². The Morgan fingerprint density at radius 1 is 0.786 bits per heavy atom. The minimum atomic E-state index is -4.43. The van der Waals surface area contributed by atoms with Crippen molar-refractivity contribution in [1.29, 1.82) is 0 Å². The van der Waals surface area contributed by atoms with Gasteiger partial charge in [-0.15, -0.1) is 0 Å². The van der Waals surface area contributed by atoms with E-state index in [1.165, 1.54) is 89.2 Å². The predicted octanol–water partition coefficient (Wildman–Crippen LogP) is 3.03. The third-order valence-electron chi connectivity index (χ3n) is 5.11. The zero-order valence-corrected chi connectivity index (χ0v) is 20.7. The Morgan fingerprint density at radius 3 is 1.64 bits per heavy atom. The van der Waals surface area contributed by atoms with Crippen LogP contribution < -0.4 is 34.7 Å². The number of hydrogen-bond acceptors (Lipinski definition) is 3. The van der Waals surface area contributed by atoms with Crippen LogP contribution in [0.25, 0.3) is 0 Å². The molecule has 1 aromatic carbocycles. The van der Waals surface area contributed by atoms with Crippen LogP contribution >= 0.6 is 0 Å². The maximum absolute atomic E-state index is 11.5. The summed E-state index contributed by atoms with van der Waals surface area (Å²) in [5.41, 5.74) is 0.793. The molecular weight excluding hydrogens is 383 g/mol. The molecule has 0 aliphatic carbocycles. The van der Waals surface area contributed by atoms with Gasteiger partial charge in [-0.1, -0.05) is 108 Å². The number of rotatable bonds is 16. The molecule has 0 heterocycles. The molecule has 156 valence electrons. The van der Waals surface area contributed by atoms with Crippen LogP contribution in [-0.2, 0) is 16.5 Å². The van der Waals surface area contributed by atoms with Gasteiger partial charge in [-0.3, -0.25) is 4.55 Å². The van der Waals surface area contributed by atoms with Crippen molar-refractivity contribution in [2.45, 2.75) is 108 Å². The molecule has 28 heavy (non-hydrogen) atoms. The Labute approximate surface area is 194 Å². The molecule has 0 saturated heterocycles. The summed E-state index contributed by atoms with van der Waals surface area (Å²) >= 11 is 0. The number of hydrogen-bond donors (Lipinski definition) is 1. The molecule has 0 bridgehead atoms. The molecule has 0 spiro atoms. The summed E-state index contributed by atoms with van der Waals surface area (Å²) in [5.74, 6) is -0.651. The first-order chi connectivity index (χ1) is 12.9. The molecule has 1 rings (SSSR count). The van der Waals surface area contributed by atoms with Gasteiger partial charge in [0.05, 0.1) is 4.90 Å². The molecule has 6 heteroatoms. The van der Waals surface area contributed by atoms with Crippen LogP contribution in [0.1, 0.15) is 102 Å². The summed E-state index contributed by atoms with van der Waals surface area (Å²) in [6.07, 6.45) is 18.9. The van der Waals surface area contributed by atoms with Crippen molar-refractivity contribution in [2.75, 3.05) is 0 Å². The van der Waals surface area contributed by atoms with E-state index in [4.69, 9.17) is 4.55 Å². The van der Waals surface area contributed by atoms with Gasteiger partial charge in [-0.05, 0) is 24.5 Å². The van der Waals surface area contributed by atoms with Crippen molar-refractivity contribution in [3.8, 4) is 5.75 Å². The Kier molecular flexibility index (Phi) is 16.7. The zero-order valence-electron chi connectivity index (χ0n) is 17.9. The molecule has 0 aliphatic rings. The summed E-state index contributed by atoms with van der Waals surface area (Å²) in [4.78, 5) is -0.509. The fourth-order valence-electron chi connectivity index (χ4n) is 3.43. The first-order valence-corrected chi connectivity index (χ1v) is 12.2. The standard InChI is InChI=1S/C22H38O4S.Na/c1-2-3-4-5-6-7-8-9-10-11-12-13-14-15-16-20-17-18-21(23)22(19-20)27(24,25)26;/h17-19,23H,2-16H2,1H3,(H,24,25,26);/q;+1/p-1. The molecule has 0 radical (unpaired) electrons. The topological polar surface area (TPSA) is 77.4 Å². The van der Waals surface area contributed by atoms with Gasteiger partial charge < -0.3 is 5.11 Å². The van der Waals surface area contributed by atoms with Crippen LogP contribution in [-0.4, -0.2) is 13.0 Å². The van der Waals surface area contributed by atoms with E-state index in [2.05, 4.69) is 6.92 Å².